The Kier molecular flexibility index (Phi) is 5.95. The molecule has 3 N–H and O–H groups in total. The fraction of sp³-hybridized carbons (Fsp3) is 0.538. The number of aliphatic hydroxyl groups excluding tert-OH is 1. The summed E-state index contributed by atoms with van der Waals surface area (Å²) in [4.78, 5) is 2.34. The van der Waals surface area contributed by atoms with Crippen molar-refractivity contribution in [3.8, 4) is 0 Å². The number of benzene rings is 1. The van der Waals surface area contributed by atoms with Crippen molar-refractivity contribution in [3.05, 3.63) is 28.2 Å². The molecule has 3 nitrogen and oxygen atoms in total. The van der Waals surface area contributed by atoms with Gasteiger partial charge in [-0.25, -0.2) is 0 Å². The Balaban J connectivity index is 2.71. The first-order valence-corrected chi connectivity index (χ1v) is 6.72. The number of halogens is 1. The molecular weight excluding hydrogens is 280 g/mol. The van der Waals surface area contributed by atoms with Crippen LogP contribution in [-0.4, -0.2) is 29.2 Å². The molecular formula is C13H21BrN2O. The van der Waals surface area contributed by atoms with Gasteiger partial charge in [-0.15, -0.1) is 0 Å². The Morgan fingerprint density at radius 2 is 2.12 bits per heavy atom. The number of nitrogens with two attached hydrogens (primary N) is 1. The number of rotatable bonds is 6. The number of hydrogen-bond donors (Lipinski definition) is 2. The Morgan fingerprint density at radius 1 is 1.41 bits per heavy atom. The lowest BCUT2D eigenvalue weighted by molar-refractivity contribution is 0.184. The molecule has 0 radical (unpaired) electrons. The third-order valence-electron chi connectivity index (χ3n) is 2.78. The van der Waals surface area contributed by atoms with Gasteiger partial charge in [-0.05, 0) is 38.0 Å². The highest BCUT2D eigenvalue weighted by Gasteiger charge is 2.11. The molecule has 0 saturated carbocycles. The van der Waals surface area contributed by atoms with Crippen molar-refractivity contribution in [2.75, 3.05) is 18.9 Å². The summed E-state index contributed by atoms with van der Waals surface area (Å²) in [6.07, 6.45) is 0.810. The predicted molar refractivity (Wildman–Crippen MR) is 75.8 cm³/mol. The van der Waals surface area contributed by atoms with Gasteiger partial charge in [0.05, 0.1) is 0 Å². The van der Waals surface area contributed by atoms with Gasteiger partial charge in [0.15, 0.2) is 0 Å². The van der Waals surface area contributed by atoms with Crippen LogP contribution in [0.5, 0.6) is 0 Å². The second-order valence-electron chi connectivity index (χ2n) is 4.49. The molecule has 0 aliphatic rings. The van der Waals surface area contributed by atoms with Gasteiger partial charge in [0.2, 0.25) is 0 Å². The molecule has 1 aromatic carbocycles. The van der Waals surface area contributed by atoms with Crippen LogP contribution in [0.1, 0.15) is 25.8 Å². The molecule has 4 heteroatoms. The number of anilines is 1. The summed E-state index contributed by atoms with van der Waals surface area (Å²) in [6, 6.07) is 6.36. The van der Waals surface area contributed by atoms with E-state index in [-0.39, 0.29) is 6.61 Å². The average molecular weight is 301 g/mol. The molecule has 1 rings (SSSR count). The number of nitrogens with zero attached hydrogens (tertiary/aromatic N) is 1. The van der Waals surface area contributed by atoms with Crippen molar-refractivity contribution in [1.29, 1.82) is 0 Å². The van der Waals surface area contributed by atoms with Crippen LogP contribution in [0, 0.1) is 0 Å². The highest BCUT2D eigenvalue weighted by molar-refractivity contribution is 9.10. The molecule has 96 valence electrons. The van der Waals surface area contributed by atoms with E-state index >= 15 is 0 Å². The molecule has 1 aromatic rings. The molecule has 0 aliphatic heterocycles. The highest BCUT2D eigenvalue weighted by Crippen LogP contribution is 2.22. The van der Waals surface area contributed by atoms with E-state index in [1.54, 1.807) is 0 Å². The van der Waals surface area contributed by atoms with E-state index in [4.69, 9.17) is 10.8 Å². The van der Waals surface area contributed by atoms with Crippen LogP contribution in [0.3, 0.4) is 0 Å². The van der Waals surface area contributed by atoms with Crippen LogP contribution < -0.4 is 5.73 Å². The van der Waals surface area contributed by atoms with Gasteiger partial charge in [-0.3, -0.25) is 4.90 Å². The number of aliphatic hydroxyl groups is 1. The maximum Gasteiger partial charge on any atom is 0.0443 e. The Morgan fingerprint density at radius 3 is 2.65 bits per heavy atom. The second-order valence-corrected chi connectivity index (χ2v) is 5.35. The number of hydrogen-bond acceptors (Lipinski definition) is 3. The minimum Gasteiger partial charge on any atom is -0.399 e. The lowest BCUT2D eigenvalue weighted by Gasteiger charge is -2.26. The molecule has 0 amide bonds. The fourth-order valence-electron chi connectivity index (χ4n) is 1.70. The molecule has 0 fully saturated rings. The minimum absolute atomic E-state index is 0.242. The monoisotopic (exact) mass is 300 g/mol. The van der Waals surface area contributed by atoms with Crippen molar-refractivity contribution >= 4 is 21.6 Å². The van der Waals surface area contributed by atoms with E-state index in [0.717, 1.165) is 29.7 Å². The van der Waals surface area contributed by atoms with Crippen LogP contribution in [0.4, 0.5) is 5.69 Å². The second kappa shape index (κ2) is 6.99. The predicted octanol–water partition coefficient (Wildman–Crippen LogP) is 2.62. The van der Waals surface area contributed by atoms with Crippen molar-refractivity contribution in [3.63, 3.8) is 0 Å². The van der Waals surface area contributed by atoms with Crippen molar-refractivity contribution in [2.45, 2.75) is 32.9 Å². The first-order chi connectivity index (χ1) is 8.04. The largest absolute Gasteiger partial charge is 0.399 e. The summed E-state index contributed by atoms with van der Waals surface area (Å²) in [7, 11) is 0. The minimum atomic E-state index is 0.242. The first kappa shape index (κ1) is 14.5. The van der Waals surface area contributed by atoms with E-state index < -0.39 is 0 Å². The average Bonchev–Trinajstić information content (AvgIpc) is 2.26. The summed E-state index contributed by atoms with van der Waals surface area (Å²) in [6.45, 7) is 6.36. The quantitative estimate of drug-likeness (QED) is 0.794. The topological polar surface area (TPSA) is 49.5 Å². The van der Waals surface area contributed by atoms with E-state index in [9.17, 15) is 0 Å². The third kappa shape index (κ3) is 4.66. The zero-order chi connectivity index (χ0) is 12.8. The third-order valence-corrected chi connectivity index (χ3v) is 3.52. The zero-order valence-electron chi connectivity index (χ0n) is 10.5. The maximum absolute atomic E-state index is 8.90. The van der Waals surface area contributed by atoms with Gasteiger partial charge in [-0.2, -0.15) is 0 Å². The van der Waals surface area contributed by atoms with E-state index in [1.165, 1.54) is 5.56 Å². The first-order valence-electron chi connectivity index (χ1n) is 5.93. The molecule has 0 atom stereocenters. The van der Waals surface area contributed by atoms with Crippen LogP contribution >= 0.6 is 15.9 Å². The summed E-state index contributed by atoms with van der Waals surface area (Å²) >= 11 is 3.54. The highest BCUT2D eigenvalue weighted by atomic mass is 79.9. The molecule has 17 heavy (non-hydrogen) atoms. The van der Waals surface area contributed by atoms with Gasteiger partial charge < -0.3 is 10.8 Å². The molecule has 0 saturated heterocycles. The summed E-state index contributed by atoms with van der Waals surface area (Å²) in [5.74, 6) is 0. The molecule has 0 spiro atoms. The Bertz CT molecular complexity index is 355. The summed E-state index contributed by atoms with van der Waals surface area (Å²) in [5, 5.41) is 8.90. The van der Waals surface area contributed by atoms with Crippen LogP contribution in [0.25, 0.3) is 0 Å². The molecule has 0 aliphatic carbocycles. The van der Waals surface area contributed by atoms with E-state index in [1.807, 2.05) is 18.2 Å². The number of nitrogen functional groups attached to an aromatic ring is 1. The molecule has 0 heterocycles. The molecule has 0 bridgehead atoms. The standard InChI is InChI=1S/C13H21BrN2O/c1-10(2)16(6-3-7-17)9-11-4-5-12(15)8-13(11)14/h4-5,8,10,17H,3,6-7,9,15H2,1-2H3. The SMILES string of the molecule is CC(C)N(CCCO)Cc1ccc(N)cc1Br. The molecule has 0 unspecified atom stereocenters. The van der Waals surface area contributed by atoms with Crippen LogP contribution in [-0.2, 0) is 6.54 Å². The van der Waals surface area contributed by atoms with Gasteiger partial charge in [-0.1, -0.05) is 22.0 Å². The van der Waals surface area contributed by atoms with E-state index in [0.29, 0.717) is 6.04 Å². The lowest BCUT2D eigenvalue weighted by Crippen LogP contribution is -2.31. The fourth-order valence-corrected chi connectivity index (χ4v) is 2.23. The summed E-state index contributed by atoms with van der Waals surface area (Å²) in [5.41, 5.74) is 7.72. The zero-order valence-corrected chi connectivity index (χ0v) is 12.1. The Labute approximate surface area is 112 Å². The summed E-state index contributed by atoms with van der Waals surface area (Å²) < 4.78 is 1.05. The van der Waals surface area contributed by atoms with E-state index in [2.05, 4.69) is 34.7 Å². The van der Waals surface area contributed by atoms with Gasteiger partial charge in [0.1, 0.15) is 0 Å². The van der Waals surface area contributed by atoms with Crippen molar-refractivity contribution < 1.29 is 5.11 Å². The van der Waals surface area contributed by atoms with Crippen LogP contribution in [0.2, 0.25) is 0 Å². The van der Waals surface area contributed by atoms with Gasteiger partial charge in [0, 0.05) is 35.9 Å². The lowest BCUT2D eigenvalue weighted by atomic mass is 10.1. The van der Waals surface area contributed by atoms with Crippen LogP contribution in [0.15, 0.2) is 22.7 Å². The van der Waals surface area contributed by atoms with Crippen molar-refractivity contribution in [1.82, 2.24) is 4.90 Å². The normalized spacial score (nSPS) is 11.4. The van der Waals surface area contributed by atoms with Crippen molar-refractivity contribution in [2.24, 2.45) is 0 Å². The van der Waals surface area contributed by atoms with Gasteiger partial charge >= 0.3 is 0 Å². The maximum atomic E-state index is 8.90. The van der Waals surface area contributed by atoms with Gasteiger partial charge in [0.25, 0.3) is 0 Å². The Hall–Kier alpha value is -0.580. The molecule has 0 aromatic heterocycles. The smallest absolute Gasteiger partial charge is 0.0443 e.